The van der Waals surface area contributed by atoms with E-state index >= 15 is 0 Å². The molecule has 0 aliphatic heterocycles. The standard InChI is InChI=1S/C19H22O2/c1-4-5-13-21-19(20)18-11-7-6-10-17(18)16-12-8-9-14(2)15(16)3/h6-12H,4-5,13H2,1-3H3. The molecule has 0 N–H and O–H groups in total. The van der Waals surface area contributed by atoms with Gasteiger partial charge in [-0.3, -0.25) is 0 Å². The first kappa shape index (κ1) is 15.3. The molecule has 0 unspecified atom stereocenters. The Labute approximate surface area is 126 Å². The van der Waals surface area contributed by atoms with Gasteiger partial charge in [0, 0.05) is 0 Å². The van der Waals surface area contributed by atoms with Crippen molar-refractivity contribution in [3.8, 4) is 11.1 Å². The zero-order valence-electron chi connectivity index (χ0n) is 13.0. The molecule has 0 fully saturated rings. The molecule has 2 aromatic carbocycles. The third kappa shape index (κ3) is 3.52. The van der Waals surface area contributed by atoms with E-state index in [0.29, 0.717) is 12.2 Å². The van der Waals surface area contributed by atoms with Crippen molar-refractivity contribution in [1.29, 1.82) is 0 Å². The van der Waals surface area contributed by atoms with Crippen molar-refractivity contribution in [1.82, 2.24) is 0 Å². The second kappa shape index (κ2) is 7.07. The molecule has 0 amide bonds. The molecule has 21 heavy (non-hydrogen) atoms. The highest BCUT2D eigenvalue weighted by molar-refractivity contribution is 5.97. The molecule has 0 radical (unpaired) electrons. The molecule has 2 nitrogen and oxygen atoms in total. The number of rotatable bonds is 5. The van der Waals surface area contributed by atoms with Crippen molar-refractivity contribution in [3.63, 3.8) is 0 Å². The van der Waals surface area contributed by atoms with Crippen LogP contribution in [0.2, 0.25) is 0 Å². The van der Waals surface area contributed by atoms with Gasteiger partial charge in [-0.2, -0.15) is 0 Å². The molecule has 0 aliphatic carbocycles. The van der Waals surface area contributed by atoms with E-state index in [0.717, 1.165) is 24.0 Å². The quantitative estimate of drug-likeness (QED) is 0.574. The minimum atomic E-state index is -0.236. The summed E-state index contributed by atoms with van der Waals surface area (Å²) >= 11 is 0. The fourth-order valence-corrected chi connectivity index (χ4v) is 2.33. The lowest BCUT2D eigenvalue weighted by molar-refractivity contribution is 0.0500. The molecule has 0 saturated heterocycles. The summed E-state index contributed by atoms with van der Waals surface area (Å²) in [5.41, 5.74) is 5.11. The lowest BCUT2D eigenvalue weighted by Crippen LogP contribution is -2.08. The maximum atomic E-state index is 12.3. The van der Waals surface area contributed by atoms with Gasteiger partial charge in [0.2, 0.25) is 0 Å². The second-order valence-corrected chi connectivity index (χ2v) is 5.28. The van der Waals surface area contributed by atoms with Crippen LogP contribution in [0.4, 0.5) is 0 Å². The Morgan fingerprint density at radius 3 is 2.48 bits per heavy atom. The molecule has 110 valence electrons. The number of hydrogen-bond donors (Lipinski definition) is 0. The highest BCUT2D eigenvalue weighted by Crippen LogP contribution is 2.29. The largest absolute Gasteiger partial charge is 0.462 e. The summed E-state index contributed by atoms with van der Waals surface area (Å²) in [6.45, 7) is 6.74. The van der Waals surface area contributed by atoms with Crippen molar-refractivity contribution in [2.75, 3.05) is 6.61 Å². The molecule has 0 bridgehead atoms. The number of aryl methyl sites for hydroxylation is 1. The van der Waals surface area contributed by atoms with Crippen molar-refractivity contribution >= 4 is 5.97 Å². The highest BCUT2D eigenvalue weighted by Gasteiger charge is 2.15. The number of hydrogen-bond acceptors (Lipinski definition) is 2. The van der Waals surface area contributed by atoms with Gasteiger partial charge in [0.05, 0.1) is 12.2 Å². The number of carbonyl (C=O) groups excluding carboxylic acids is 1. The van der Waals surface area contributed by atoms with E-state index in [1.807, 2.05) is 30.3 Å². The van der Waals surface area contributed by atoms with E-state index in [1.165, 1.54) is 11.1 Å². The van der Waals surface area contributed by atoms with E-state index in [2.05, 4.69) is 32.9 Å². The van der Waals surface area contributed by atoms with Crippen LogP contribution in [-0.2, 0) is 4.74 Å². The van der Waals surface area contributed by atoms with Gasteiger partial charge in [-0.1, -0.05) is 49.7 Å². The summed E-state index contributed by atoms with van der Waals surface area (Å²) < 4.78 is 5.36. The van der Waals surface area contributed by atoms with Crippen molar-refractivity contribution in [3.05, 3.63) is 59.2 Å². The minimum absolute atomic E-state index is 0.236. The number of ether oxygens (including phenoxy) is 1. The molecular weight excluding hydrogens is 260 g/mol. The normalized spacial score (nSPS) is 10.4. The van der Waals surface area contributed by atoms with Crippen LogP contribution in [-0.4, -0.2) is 12.6 Å². The average Bonchev–Trinajstić information content (AvgIpc) is 2.50. The third-order valence-corrected chi connectivity index (χ3v) is 3.77. The first-order chi connectivity index (χ1) is 10.1. The van der Waals surface area contributed by atoms with Crippen LogP contribution in [0, 0.1) is 13.8 Å². The van der Waals surface area contributed by atoms with Gasteiger partial charge in [0.25, 0.3) is 0 Å². The number of benzene rings is 2. The Hall–Kier alpha value is -2.09. The van der Waals surface area contributed by atoms with Gasteiger partial charge in [-0.15, -0.1) is 0 Å². The maximum Gasteiger partial charge on any atom is 0.338 e. The van der Waals surface area contributed by atoms with Crippen LogP contribution in [0.15, 0.2) is 42.5 Å². The monoisotopic (exact) mass is 282 g/mol. The summed E-state index contributed by atoms with van der Waals surface area (Å²) in [5.74, 6) is -0.236. The van der Waals surface area contributed by atoms with Crippen LogP contribution in [0.5, 0.6) is 0 Å². The van der Waals surface area contributed by atoms with E-state index in [9.17, 15) is 4.79 Å². The van der Waals surface area contributed by atoms with Crippen molar-refractivity contribution < 1.29 is 9.53 Å². The average molecular weight is 282 g/mol. The summed E-state index contributed by atoms with van der Waals surface area (Å²) in [6, 6.07) is 13.8. The van der Waals surface area contributed by atoms with Gasteiger partial charge < -0.3 is 4.74 Å². The van der Waals surface area contributed by atoms with Crippen LogP contribution in [0.1, 0.15) is 41.3 Å². The van der Waals surface area contributed by atoms with E-state index in [4.69, 9.17) is 4.74 Å². The molecule has 0 heterocycles. The fraction of sp³-hybridized carbons (Fsp3) is 0.316. The second-order valence-electron chi connectivity index (χ2n) is 5.28. The minimum Gasteiger partial charge on any atom is -0.462 e. The summed E-state index contributed by atoms with van der Waals surface area (Å²) in [7, 11) is 0. The van der Waals surface area contributed by atoms with Gasteiger partial charge >= 0.3 is 5.97 Å². The molecule has 0 aromatic heterocycles. The van der Waals surface area contributed by atoms with Crippen molar-refractivity contribution in [2.45, 2.75) is 33.6 Å². The number of carbonyl (C=O) groups is 1. The Kier molecular flexibility index (Phi) is 5.15. The van der Waals surface area contributed by atoms with Gasteiger partial charge in [-0.25, -0.2) is 4.79 Å². The van der Waals surface area contributed by atoms with E-state index < -0.39 is 0 Å². The van der Waals surface area contributed by atoms with E-state index in [-0.39, 0.29) is 5.97 Å². The molecule has 2 rings (SSSR count). The molecule has 2 heteroatoms. The predicted octanol–water partition coefficient (Wildman–Crippen LogP) is 4.93. The van der Waals surface area contributed by atoms with Crippen molar-refractivity contribution in [2.24, 2.45) is 0 Å². The zero-order valence-corrected chi connectivity index (χ0v) is 13.0. The van der Waals surface area contributed by atoms with Gasteiger partial charge in [0.1, 0.15) is 0 Å². The Morgan fingerprint density at radius 2 is 1.71 bits per heavy atom. The zero-order chi connectivity index (χ0) is 15.2. The fourth-order valence-electron chi connectivity index (χ4n) is 2.33. The number of esters is 1. The summed E-state index contributed by atoms with van der Waals surface area (Å²) in [5, 5.41) is 0. The van der Waals surface area contributed by atoms with Crippen LogP contribution >= 0.6 is 0 Å². The van der Waals surface area contributed by atoms with Gasteiger partial charge in [-0.05, 0) is 48.6 Å². The Balaban J connectivity index is 2.37. The molecule has 0 aliphatic rings. The highest BCUT2D eigenvalue weighted by atomic mass is 16.5. The first-order valence-corrected chi connectivity index (χ1v) is 7.48. The maximum absolute atomic E-state index is 12.3. The third-order valence-electron chi connectivity index (χ3n) is 3.77. The van der Waals surface area contributed by atoms with Crippen LogP contribution in [0.25, 0.3) is 11.1 Å². The van der Waals surface area contributed by atoms with Crippen LogP contribution < -0.4 is 0 Å². The lowest BCUT2D eigenvalue weighted by Gasteiger charge is -2.13. The topological polar surface area (TPSA) is 26.3 Å². The lowest BCUT2D eigenvalue weighted by atomic mass is 9.94. The molecular formula is C19H22O2. The first-order valence-electron chi connectivity index (χ1n) is 7.48. The molecule has 0 saturated carbocycles. The van der Waals surface area contributed by atoms with Crippen LogP contribution in [0.3, 0.4) is 0 Å². The Bertz CT molecular complexity index is 629. The summed E-state index contributed by atoms with van der Waals surface area (Å²) in [6.07, 6.45) is 1.92. The molecule has 2 aromatic rings. The SMILES string of the molecule is CCCCOC(=O)c1ccccc1-c1cccc(C)c1C. The molecule has 0 spiro atoms. The molecule has 0 atom stereocenters. The predicted molar refractivity (Wildman–Crippen MR) is 86.5 cm³/mol. The summed E-state index contributed by atoms with van der Waals surface area (Å²) in [4.78, 5) is 12.3. The number of unbranched alkanes of at least 4 members (excludes halogenated alkanes) is 1. The van der Waals surface area contributed by atoms with E-state index in [1.54, 1.807) is 0 Å². The van der Waals surface area contributed by atoms with Gasteiger partial charge in [0.15, 0.2) is 0 Å². The smallest absolute Gasteiger partial charge is 0.338 e. The Morgan fingerprint density at radius 1 is 1.00 bits per heavy atom.